The van der Waals surface area contributed by atoms with Gasteiger partial charge in [-0.25, -0.2) is 0 Å². The molecule has 0 saturated carbocycles. The van der Waals surface area contributed by atoms with Gasteiger partial charge in [-0.2, -0.15) is 0 Å². The number of alkyl halides is 1. The maximum Gasteiger partial charge on any atom is 0.0103 e. The summed E-state index contributed by atoms with van der Waals surface area (Å²) in [6.45, 7) is 6.75. The Morgan fingerprint density at radius 2 is 1.71 bits per heavy atom. The second-order valence-electron chi connectivity index (χ2n) is 4.10. The van der Waals surface area contributed by atoms with Crippen LogP contribution in [0.5, 0.6) is 0 Å². The number of aryl methyl sites for hydroxylation is 1. The predicted octanol–water partition coefficient (Wildman–Crippen LogP) is 4.38. The van der Waals surface area contributed by atoms with Crippen molar-refractivity contribution in [3.63, 3.8) is 0 Å². The summed E-state index contributed by atoms with van der Waals surface area (Å²) in [6, 6.07) is 9.02. The zero-order valence-corrected chi connectivity index (χ0v) is 10.8. The van der Waals surface area contributed by atoms with Gasteiger partial charge in [0.05, 0.1) is 0 Å². The molecule has 0 aliphatic heterocycles. The highest BCUT2D eigenvalue weighted by Crippen LogP contribution is 2.26. The van der Waals surface area contributed by atoms with Gasteiger partial charge in [-0.15, -0.1) is 0 Å². The highest BCUT2D eigenvalue weighted by molar-refractivity contribution is 9.09. The lowest BCUT2D eigenvalue weighted by atomic mass is 9.90. The molecule has 0 aliphatic carbocycles. The van der Waals surface area contributed by atoms with E-state index in [0.717, 1.165) is 11.8 Å². The van der Waals surface area contributed by atoms with Gasteiger partial charge in [0.25, 0.3) is 0 Å². The van der Waals surface area contributed by atoms with E-state index in [0.29, 0.717) is 11.8 Å². The number of rotatable bonds is 4. The Kier molecular flexibility index (Phi) is 4.67. The fraction of sp³-hybridized carbons (Fsp3) is 0.538. The maximum atomic E-state index is 3.59. The molecule has 0 N–H and O–H groups in total. The van der Waals surface area contributed by atoms with Crippen LogP contribution in [0, 0.1) is 5.92 Å². The molecule has 1 aromatic rings. The molecule has 0 heterocycles. The quantitative estimate of drug-likeness (QED) is 0.700. The summed E-state index contributed by atoms with van der Waals surface area (Å²) >= 11 is 3.59. The summed E-state index contributed by atoms with van der Waals surface area (Å²) in [7, 11) is 0. The third-order valence-electron chi connectivity index (χ3n) is 2.79. The van der Waals surface area contributed by atoms with E-state index in [9.17, 15) is 0 Å². The van der Waals surface area contributed by atoms with Gasteiger partial charge < -0.3 is 0 Å². The van der Waals surface area contributed by atoms with Crippen LogP contribution >= 0.6 is 15.9 Å². The minimum absolute atomic E-state index is 0.640. The Morgan fingerprint density at radius 3 is 2.07 bits per heavy atom. The molecule has 1 heteroatoms. The van der Waals surface area contributed by atoms with E-state index in [2.05, 4.69) is 61.0 Å². The number of benzene rings is 1. The van der Waals surface area contributed by atoms with Crippen LogP contribution in [0.4, 0.5) is 0 Å². The molecule has 1 unspecified atom stereocenters. The van der Waals surface area contributed by atoms with Crippen molar-refractivity contribution >= 4 is 15.9 Å². The first-order valence-electron chi connectivity index (χ1n) is 5.33. The van der Waals surface area contributed by atoms with Crippen molar-refractivity contribution in [2.24, 2.45) is 5.92 Å². The lowest BCUT2D eigenvalue weighted by molar-refractivity contribution is 0.544. The van der Waals surface area contributed by atoms with Gasteiger partial charge in [-0.05, 0) is 29.4 Å². The molecule has 78 valence electrons. The molecular formula is C13H19Br. The van der Waals surface area contributed by atoms with Crippen LogP contribution in [0.3, 0.4) is 0 Å². The van der Waals surface area contributed by atoms with Gasteiger partial charge in [0.1, 0.15) is 0 Å². The first-order chi connectivity index (χ1) is 6.69. The Labute approximate surface area is 95.9 Å². The van der Waals surface area contributed by atoms with E-state index >= 15 is 0 Å². The summed E-state index contributed by atoms with van der Waals surface area (Å²) in [4.78, 5) is 0. The lowest BCUT2D eigenvalue weighted by Crippen LogP contribution is -2.07. The number of hydrogen-bond donors (Lipinski definition) is 0. The van der Waals surface area contributed by atoms with E-state index < -0.39 is 0 Å². The molecule has 0 saturated heterocycles. The highest BCUT2D eigenvalue weighted by Gasteiger charge is 2.13. The van der Waals surface area contributed by atoms with Crippen molar-refractivity contribution in [3.05, 3.63) is 35.4 Å². The van der Waals surface area contributed by atoms with E-state index in [1.54, 1.807) is 0 Å². The first-order valence-corrected chi connectivity index (χ1v) is 6.46. The van der Waals surface area contributed by atoms with Crippen molar-refractivity contribution in [2.45, 2.75) is 33.1 Å². The second kappa shape index (κ2) is 5.55. The topological polar surface area (TPSA) is 0 Å². The molecule has 1 atom stereocenters. The summed E-state index contributed by atoms with van der Waals surface area (Å²) in [6.07, 6.45) is 1.13. The molecule has 1 rings (SSSR count). The minimum atomic E-state index is 0.640. The van der Waals surface area contributed by atoms with E-state index in [1.165, 1.54) is 11.1 Å². The van der Waals surface area contributed by atoms with Crippen LogP contribution in [-0.4, -0.2) is 5.33 Å². The summed E-state index contributed by atoms with van der Waals surface area (Å²) in [5.74, 6) is 1.34. The smallest absolute Gasteiger partial charge is 0.0103 e. The third kappa shape index (κ3) is 2.84. The predicted molar refractivity (Wildman–Crippen MR) is 67.2 cm³/mol. The van der Waals surface area contributed by atoms with Crippen molar-refractivity contribution in [3.8, 4) is 0 Å². The van der Waals surface area contributed by atoms with Gasteiger partial charge in [0.2, 0.25) is 0 Å². The van der Waals surface area contributed by atoms with Crippen LogP contribution in [-0.2, 0) is 6.42 Å². The Balaban J connectivity index is 2.84. The SMILES string of the molecule is CCc1ccc(C(CBr)C(C)C)cc1. The van der Waals surface area contributed by atoms with E-state index in [4.69, 9.17) is 0 Å². The van der Waals surface area contributed by atoms with Crippen molar-refractivity contribution < 1.29 is 0 Å². The van der Waals surface area contributed by atoms with Crippen molar-refractivity contribution in [2.75, 3.05) is 5.33 Å². The van der Waals surface area contributed by atoms with Crippen LogP contribution in [0.2, 0.25) is 0 Å². The number of halogens is 1. The summed E-state index contributed by atoms with van der Waals surface area (Å²) in [5, 5.41) is 1.05. The van der Waals surface area contributed by atoms with Crippen molar-refractivity contribution in [1.29, 1.82) is 0 Å². The van der Waals surface area contributed by atoms with E-state index in [-0.39, 0.29) is 0 Å². The second-order valence-corrected chi connectivity index (χ2v) is 4.75. The van der Waals surface area contributed by atoms with Gasteiger partial charge >= 0.3 is 0 Å². The summed E-state index contributed by atoms with van der Waals surface area (Å²) < 4.78 is 0. The molecule has 0 radical (unpaired) electrons. The highest BCUT2D eigenvalue weighted by atomic mass is 79.9. The minimum Gasteiger partial charge on any atom is -0.0921 e. The van der Waals surface area contributed by atoms with Gasteiger partial charge in [0, 0.05) is 5.33 Å². The largest absolute Gasteiger partial charge is 0.0921 e. The normalized spacial score (nSPS) is 13.2. The fourth-order valence-corrected chi connectivity index (χ4v) is 2.77. The van der Waals surface area contributed by atoms with Crippen LogP contribution < -0.4 is 0 Å². The van der Waals surface area contributed by atoms with Gasteiger partial charge in [-0.3, -0.25) is 0 Å². The average molecular weight is 255 g/mol. The zero-order chi connectivity index (χ0) is 10.6. The van der Waals surface area contributed by atoms with Crippen molar-refractivity contribution in [1.82, 2.24) is 0 Å². The fourth-order valence-electron chi connectivity index (χ4n) is 1.65. The third-order valence-corrected chi connectivity index (χ3v) is 3.48. The molecule has 0 spiro atoms. The number of hydrogen-bond acceptors (Lipinski definition) is 0. The molecule has 14 heavy (non-hydrogen) atoms. The standard InChI is InChI=1S/C13H19Br/c1-4-11-5-7-12(8-6-11)13(9-14)10(2)3/h5-8,10,13H,4,9H2,1-3H3. The Morgan fingerprint density at radius 1 is 1.14 bits per heavy atom. The van der Waals surface area contributed by atoms with Crippen LogP contribution in [0.25, 0.3) is 0 Å². The molecule has 0 aliphatic rings. The van der Waals surface area contributed by atoms with Crippen LogP contribution in [0.15, 0.2) is 24.3 Å². The van der Waals surface area contributed by atoms with Gasteiger partial charge in [0.15, 0.2) is 0 Å². The van der Waals surface area contributed by atoms with Crippen LogP contribution in [0.1, 0.15) is 37.8 Å². The van der Waals surface area contributed by atoms with Gasteiger partial charge in [-0.1, -0.05) is 61.0 Å². The molecule has 0 amide bonds. The monoisotopic (exact) mass is 254 g/mol. The molecule has 0 bridgehead atoms. The van der Waals surface area contributed by atoms with E-state index in [1.807, 2.05) is 0 Å². The molecule has 0 nitrogen and oxygen atoms in total. The Bertz CT molecular complexity index is 261. The molecule has 0 fully saturated rings. The molecular weight excluding hydrogens is 236 g/mol. The lowest BCUT2D eigenvalue weighted by Gasteiger charge is -2.18. The molecule has 0 aromatic heterocycles. The summed E-state index contributed by atoms with van der Waals surface area (Å²) in [5.41, 5.74) is 2.87. The average Bonchev–Trinajstić information content (AvgIpc) is 2.19. The molecule has 1 aromatic carbocycles. The Hall–Kier alpha value is -0.300. The first kappa shape index (κ1) is 11.8. The zero-order valence-electron chi connectivity index (χ0n) is 9.26. The maximum absolute atomic E-state index is 3.59.